The van der Waals surface area contributed by atoms with Crippen LogP contribution in [0.5, 0.6) is 0 Å². The zero-order valence-electron chi connectivity index (χ0n) is 15.9. The molecule has 1 saturated heterocycles. The summed E-state index contributed by atoms with van der Waals surface area (Å²) in [6, 6.07) is 11.9. The highest BCUT2D eigenvalue weighted by molar-refractivity contribution is 7.91. The second-order valence-corrected chi connectivity index (χ2v) is 10.9. The molecule has 4 rings (SSSR count). The number of H-pyrrole nitrogens is 1. The number of para-hydroxylation sites is 2. The highest BCUT2D eigenvalue weighted by Crippen LogP contribution is 2.34. The van der Waals surface area contributed by atoms with E-state index in [4.69, 9.17) is 5.14 Å². The molecule has 1 aliphatic heterocycles. The molecule has 0 unspecified atom stereocenters. The van der Waals surface area contributed by atoms with E-state index in [0.717, 1.165) is 42.0 Å². The van der Waals surface area contributed by atoms with Gasteiger partial charge in [-0.25, -0.2) is 27.0 Å². The maximum absolute atomic E-state index is 12.3. The van der Waals surface area contributed by atoms with Crippen LogP contribution in [0.1, 0.15) is 24.6 Å². The lowest BCUT2D eigenvalue weighted by Crippen LogP contribution is -2.34. The van der Waals surface area contributed by atoms with Gasteiger partial charge in [-0.05, 0) is 43.2 Å². The van der Waals surface area contributed by atoms with Crippen LogP contribution in [-0.2, 0) is 19.9 Å². The summed E-state index contributed by atoms with van der Waals surface area (Å²) in [5, 5.41) is 5.17. The first-order chi connectivity index (χ1) is 13.6. The molecule has 0 aliphatic carbocycles. The molecule has 8 nitrogen and oxygen atoms in total. The first-order valence-corrected chi connectivity index (χ1v) is 12.6. The largest absolute Gasteiger partial charge is 0.370 e. The molecule has 0 atom stereocenters. The molecule has 3 N–H and O–H groups in total. The molecule has 2 heterocycles. The zero-order chi connectivity index (χ0) is 20.8. The van der Waals surface area contributed by atoms with Crippen molar-refractivity contribution in [3.63, 3.8) is 0 Å². The minimum atomic E-state index is -3.99. The third-order valence-electron chi connectivity index (χ3n) is 5.29. The van der Waals surface area contributed by atoms with E-state index in [9.17, 15) is 16.8 Å². The Morgan fingerprint density at radius 3 is 2.38 bits per heavy atom. The van der Waals surface area contributed by atoms with Crippen molar-refractivity contribution in [3.05, 3.63) is 48.3 Å². The Hall–Kier alpha value is -2.43. The number of sulfone groups is 1. The van der Waals surface area contributed by atoms with Gasteiger partial charge in [0.1, 0.15) is 5.82 Å². The number of benzene rings is 2. The molecule has 1 fully saturated rings. The van der Waals surface area contributed by atoms with Gasteiger partial charge in [-0.1, -0.05) is 12.1 Å². The summed E-state index contributed by atoms with van der Waals surface area (Å²) in [5.41, 5.74) is 2.44. The Morgan fingerprint density at radius 2 is 1.76 bits per heavy atom. The molecule has 0 spiro atoms. The van der Waals surface area contributed by atoms with Crippen LogP contribution in [0.4, 0.5) is 5.69 Å². The summed E-state index contributed by atoms with van der Waals surface area (Å²) < 4.78 is 47.8. The van der Waals surface area contributed by atoms with E-state index < -0.39 is 19.9 Å². The molecular weight excluding hydrogens is 412 g/mol. The number of imidazole rings is 1. The van der Waals surface area contributed by atoms with Crippen LogP contribution in [0, 0.1) is 0 Å². The highest BCUT2D eigenvalue weighted by atomic mass is 32.2. The Balaban J connectivity index is 1.59. The molecule has 1 aromatic heterocycles. The van der Waals surface area contributed by atoms with Gasteiger partial charge in [0.15, 0.2) is 9.84 Å². The van der Waals surface area contributed by atoms with Crippen LogP contribution in [0.25, 0.3) is 11.0 Å². The molecule has 10 heteroatoms. The van der Waals surface area contributed by atoms with Gasteiger partial charge in [-0.2, -0.15) is 0 Å². The Bertz CT molecular complexity index is 1240. The van der Waals surface area contributed by atoms with E-state index in [1.165, 1.54) is 12.1 Å². The second kappa shape index (κ2) is 7.12. The number of nitrogens with zero attached hydrogens (tertiary/aromatic N) is 2. The van der Waals surface area contributed by atoms with E-state index >= 15 is 0 Å². The van der Waals surface area contributed by atoms with E-state index in [-0.39, 0.29) is 15.7 Å². The molecule has 0 saturated carbocycles. The molecule has 154 valence electrons. The standard InChI is InChI=1S/C19H22N4O4S2/c1-28(24,25)18-12-14(29(20,26)27)6-7-17(18)23-10-8-13(9-11-23)19-21-15-4-2-3-5-16(15)22-19/h2-7,12-13H,8-11H2,1H3,(H,21,22)(H2,20,26,27). The predicted octanol–water partition coefficient (Wildman–Crippen LogP) is 2.00. The molecule has 2 aromatic carbocycles. The lowest BCUT2D eigenvalue weighted by atomic mass is 9.96. The van der Waals surface area contributed by atoms with Gasteiger partial charge in [0.05, 0.1) is 26.5 Å². The van der Waals surface area contributed by atoms with Gasteiger partial charge in [-0.15, -0.1) is 0 Å². The summed E-state index contributed by atoms with van der Waals surface area (Å²) in [4.78, 5) is 9.80. The van der Waals surface area contributed by atoms with Gasteiger partial charge in [-0.3, -0.25) is 0 Å². The summed E-state index contributed by atoms with van der Waals surface area (Å²) in [7, 11) is -7.61. The van der Waals surface area contributed by atoms with Crippen molar-refractivity contribution in [2.24, 2.45) is 5.14 Å². The minimum absolute atomic E-state index is 0.0220. The fraction of sp³-hybridized carbons (Fsp3) is 0.316. The molecule has 1 aliphatic rings. The number of sulfonamides is 1. The highest BCUT2D eigenvalue weighted by Gasteiger charge is 2.27. The van der Waals surface area contributed by atoms with Crippen LogP contribution < -0.4 is 10.0 Å². The number of fused-ring (bicyclic) bond motifs is 1. The summed E-state index contributed by atoms with van der Waals surface area (Å²) in [6.45, 7) is 1.28. The maximum Gasteiger partial charge on any atom is 0.238 e. The molecular formula is C19H22N4O4S2. The number of anilines is 1. The molecule has 0 amide bonds. The van der Waals surface area contributed by atoms with Crippen LogP contribution >= 0.6 is 0 Å². The number of nitrogens with one attached hydrogen (secondary N) is 1. The Kier molecular flexibility index (Phi) is 4.88. The van der Waals surface area contributed by atoms with Crippen molar-refractivity contribution in [1.82, 2.24) is 9.97 Å². The average molecular weight is 435 g/mol. The second-order valence-electron chi connectivity index (χ2n) is 7.35. The molecule has 3 aromatic rings. The Labute approximate surface area is 169 Å². The average Bonchev–Trinajstić information content (AvgIpc) is 3.10. The molecule has 0 bridgehead atoms. The quantitative estimate of drug-likeness (QED) is 0.647. The lowest BCUT2D eigenvalue weighted by Gasteiger charge is -2.34. The lowest BCUT2D eigenvalue weighted by molar-refractivity contribution is 0.487. The van der Waals surface area contributed by atoms with Crippen molar-refractivity contribution < 1.29 is 16.8 Å². The first-order valence-electron chi connectivity index (χ1n) is 9.19. The van der Waals surface area contributed by atoms with E-state index in [2.05, 4.69) is 9.97 Å². The van der Waals surface area contributed by atoms with E-state index in [0.29, 0.717) is 18.8 Å². The smallest absolute Gasteiger partial charge is 0.238 e. The molecule has 29 heavy (non-hydrogen) atoms. The third-order valence-corrected chi connectivity index (χ3v) is 7.33. The van der Waals surface area contributed by atoms with Crippen LogP contribution in [-0.4, -0.2) is 46.1 Å². The summed E-state index contributed by atoms with van der Waals surface area (Å²) >= 11 is 0. The number of aromatic nitrogens is 2. The van der Waals surface area contributed by atoms with Crippen LogP contribution in [0.2, 0.25) is 0 Å². The SMILES string of the molecule is CS(=O)(=O)c1cc(S(N)(=O)=O)ccc1N1CCC(c2nc3ccccc3[nH]2)CC1. The summed E-state index contributed by atoms with van der Waals surface area (Å²) in [5.74, 6) is 1.20. The van der Waals surface area contributed by atoms with Crippen LogP contribution in [0.3, 0.4) is 0 Å². The number of piperidine rings is 1. The minimum Gasteiger partial charge on any atom is -0.370 e. The fourth-order valence-corrected chi connectivity index (χ4v) is 5.32. The van der Waals surface area contributed by atoms with Gasteiger partial charge < -0.3 is 9.88 Å². The van der Waals surface area contributed by atoms with Crippen LogP contribution in [0.15, 0.2) is 52.3 Å². The monoisotopic (exact) mass is 434 g/mol. The van der Waals surface area contributed by atoms with Crippen molar-refractivity contribution in [3.8, 4) is 0 Å². The number of hydrogen-bond donors (Lipinski definition) is 2. The molecule has 0 radical (unpaired) electrons. The normalized spacial score (nSPS) is 16.4. The summed E-state index contributed by atoms with van der Waals surface area (Å²) in [6.07, 6.45) is 2.68. The number of hydrogen-bond acceptors (Lipinski definition) is 6. The zero-order valence-corrected chi connectivity index (χ0v) is 17.5. The number of nitrogens with two attached hydrogens (primary N) is 1. The first kappa shape index (κ1) is 19.9. The number of primary sulfonamides is 1. The fourth-order valence-electron chi connectivity index (χ4n) is 3.79. The van der Waals surface area contributed by atoms with Crippen molar-refractivity contribution in [1.29, 1.82) is 0 Å². The number of aromatic amines is 1. The van der Waals surface area contributed by atoms with Gasteiger partial charge in [0.25, 0.3) is 0 Å². The van der Waals surface area contributed by atoms with E-state index in [1.807, 2.05) is 29.2 Å². The Morgan fingerprint density at radius 1 is 1.07 bits per heavy atom. The topological polar surface area (TPSA) is 126 Å². The maximum atomic E-state index is 12.3. The predicted molar refractivity (Wildman–Crippen MR) is 111 cm³/mol. The third kappa shape index (κ3) is 4.00. The van der Waals surface area contributed by atoms with Gasteiger partial charge in [0.2, 0.25) is 10.0 Å². The van der Waals surface area contributed by atoms with Crippen molar-refractivity contribution in [2.45, 2.75) is 28.6 Å². The van der Waals surface area contributed by atoms with Crippen molar-refractivity contribution >= 4 is 36.6 Å². The number of rotatable bonds is 4. The van der Waals surface area contributed by atoms with Gasteiger partial charge in [0, 0.05) is 25.3 Å². The van der Waals surface area contributed by atoms with E-state index in [1.54, 1.807) is 0 Å². The van der Waals surface area contributed by atoms with Crippen molar-refractivity contribution in [2.75, 3.05) is 24.2 Å². The van der Waals surface area contributed by atoms with Gasteiger partial charge >= 0.3 is 0 Å².